The molecule has 1 saturated carbocycles. The molecule has 2 aliphatic rings. The number of nitrogens with zero attached hydrogens (tertiary/aromatic N) is 4. The standard InChI is InChI=1S/C19H29N5O2S/c1-23(19-17-3-6-20-18(17)21-13-22-19)16-9-15(10-16)12-27(25)24-7-4-14(5-8-24)11-26-2/h3,6,13-16H,4-5,7-12H2,1-2H3,(H,20,21,22). The van der Waals surface area contributed by atoms with Gasteiger partial charge in [-0.25, -0.2) is 18.5 Å². The molecule has 7 nitrogen and oxygen atoms in total. The highest BCUT2D eigenvalue weighted by Crippen LogP contribution is 2.36. The van der Waals surface area contributed by atoms with Gasteiger partial charge in [0.1, 0.15) is 17.8 Å². The Kier molecular flexibility index (Phi) is 5.75. The van der Waals surface area contributed by atoms with Gasteiger partial charge in [0.15, 0.2) is 0 Å². The van der Waals surface area contributed by atoms with E-state index in [1.807, 2.05) is 12.3 Å². The molecule has 8 heteroatoms. The molecule has 4 rings (SSSR count). The number of rotatable bonds is 7. The fraction of sp³-hybridized carbons (Fsp3) is 0.684. The number of ether oxygens (including phenoxy) is 1. The first-order chi connectivity index (χ1) is 13.2. The normalized spacial score (nSPS) is 25.4. The Morgan fingerprint density at radius 2 is 2.07 bits per heavy atom. The van der Waals surface area contributed by atoms with Crippen LogP contribution in [-0.4, -0.2) is 69.1 Å². The molecule has 0 amide bonds. The van der Waals surface area contributed by atoms with Crippen molar-refractivity contribution in [3.8, 4) is 0 Å². The summed E-state index contributed by atoms with van der Waals surface area (Å²) in [6, 6.07) is 2.49. The highest BCUT2D eigenvalue weighted by molar-refractivity contribution is 7.82. The van der Waals surface area contributed by atoms with Crippen LogP contribution in [0.25, 0.3) is 11.0 Å². The predicted octanol–water partition coefficient (Wildman–Crippen LogP) is 2.19. The molecule has 2 aromatic rings. The van der Waals surface area contributed by atoms with Gasteiger partial charge in [-0.2, -0.15) is 0 Å². The maximum Gasteiger partial charge on any atom is 0.142 e. The molecule has 27 heavy (non-hydrogen) atoms. The van der Waals surface area contributed by atoms with Crippen molar-refractivity contribution in [1.82, 2.24) is 19.3 Å². The lowest BCUT2D eigenvalue weighted by atomic mass is 9.81. The number of H-pyrrole nitrogens is 1. The number of aromatic amines is 1. The van der Waals surface area contributed by atoms with E-state index >= 15 is 0 Å². The van der Waals surface area contributed by atoms with Crippen LogP contribution in [0, 0.1) is 11.8 Å². The topological polar surface area (TPSA) is 74.3 Å². The number of hydrogen-bond acceptors (Lipinski definition) is 5. The summed E-state index contributed by atoms with van der Waals surface area (Å²) < 4.78 is 20.1. The van der Waals surface area contributed by atoms with E-state index in [1.54, 1.807) is 13.4 Å². The van der Waals surface area contributed by atoms with Gasteiger partial charge in [-0.15, -0.1) is 0 Å². The maximum atomic E-state index is 12.7. The molecule has 0 radical (unpaired) electrons. The van der Waals surface area contributed by atoms with E-state index < -0.39 is 11.0 Å². The molecule has 1 N–H and O–H groups in total. The van der Waals surface area contributed by atoms with Crippen molar-refractivity contribution in [3.05, 3.63) is 18.6 Å². The Bertz CT molecular complexity index is 783. The zero-order valence-electron chi connectivity index (χ0n) is 16.1. The second-order valence-corrected chi connectivity index (χ2v) is 9.35. The molecule has 1 atom stereocenters. The third kappa shape index (κ3) is 4.02. The van der Waals surface area contributed by atoms with E-state index in [9.17, 15) is 4.21 Å². The van der Waals surface area contributed by atoms with Gasteiger partial charge < -0.3 is 14.6 Å². The lowest BCUT2D eigenvalue weighted by molar-refractivity contribution is 0.122. The van der Waals surface area contributed by atoms with Crippen LogP contribution in [0.1, 0.15) is 25.7 Å². The number of methoxy groups -OCH3 is 1. The van der Waals surface area contributed by atoms with Crippen molar-refractivity contribution in [3.63, 3.8) is 0 Å². The van der Waals surface area contributed by atoms with Gasteiger partial charge >= 0.3 is 0 Å². The molecular weight excluding hydrogens is 362 g/mol. The summed E-state index contributed by atoms with van der Waals surface area (Å²) in [5.41, 5.74) is 0.876. The maximum absolute atomic E-state index is 12.7. The van der Waals surface area contributed by atoms with E-state index in [1.165, 1.54) is 0 Å². The van der Waals surface area contributed by atoms with Crippen molar-refractivity contribution in [1.29, 1.82) is 0 Å². The van der Waals surface area contributed by atoms with E-state index in [0.29, 0.717) is 17.9 Å². The van der Waals surface area contributed by atoms with Crippen molar-refractivity contribution in [2.24, 2.45) is 11.8 Å². The molecule has 148 valence electrons. The summed E-state index contributed by atoms with van der Waals surface area (Å²) in [4.78, 5) is 14.1. The van der Waals surface area contributed by atoms with Crippen molar-refractivity contribution in [2.45, 2.75) is 31.7 Å². The molecule has 1 aliphatic heterocycles. The van der Waals surface area contributed by atoms with E-state index in [-0.39, 0.29) is 0 Å². The number of anilines is 1. The summed E-state index contributed by atoms with van der Waals surface area (Å²) in [6.45, 7) is 2.70. The first-order valence-electron chi connectivity index (χ1n) is 9.79. The molecule has 3 heterocycles. The SMILES string of the molecule is COCC1CCN(S(=O)CC2CC(N(C)c3ncnc4[nH]ccc34)C2)CC1. The Morgan fingerprint density at radius 1 is 1.30 bits per heavy atom. The minimum Gasteiger partial charge on any atom is -0.384 e. The van der Waals surface area contributed by atoms with Crippen LogP contribution in [0.2, 0.25) is 0 Å². The largest absolute Gasteiger partial charge is 0.384 e. The van der Waals surface area contributed by atoms with Gasteiger partial charge in [-0.05, 0) is 43.6 Å². The van der Waals surface area contributed by atoms with Crippen molar-refractivity contribution >= 4 is 27.8 Å². The summed E-state index contributed by atoms with van der Waals surface area (Å²) in [5, 5.41) is 1.06. The van der Waals surface area contributed by atoms with Crippen molar-refractivity contribution in [2.75, 3.05) is 44.5 Å². The number of aromatic nitrogens is 3. The summed E-state index contributed by atoms with van der Waals surface area (Å²) in [5.74, 6) is 2.94. The monoisotopic (exact) mass is 391 g/mol. The van der Waals surface area contributed by atoms with Crippen LogP contribution < -0.4 is 4.90 Å². The predicted molar refractivity (Wildman–Crippen MR) is 108 cm³/mol. The van der Waals surface area contributed by atoms with Gasteiger partial charge in [0.25, 0.3) is 0 Å². The van der Waals surface area contributed by atoms with Gasteiger partial charge in [0.05, 0.1) is 16.4 Å². The quantitative estimate of drug-likeness (QED) is 0.783. The van der Waals surface area contributed by atoms with E-state index in [4.69, 9.17) is 4.74 Å². The van der Waals surface area contributed by atoms with Crippen LogP contribution >= 0.6 is 0 Å². The summed E-state index contributed by atoms with van der Waals surface area (Å²) >= 11 is 0. The highest BCUT2D eigenvalue weighted by atomic mass is 32.2. The molecule has 0 aromatic carbocycles. The zero-order valence-corrected chi connectivity index (χ0v) is 17.0. The first kappa shape index (κ1) is 18.8. The second-order valence-electron chi connectivity index (χ2n) is 7.86. The Balaban J connectivity index is 1.26. The Morgan fingerprint density at radius 3 is 2.81 bits per heavy atom. The molecule has 0 spiro atoms. The lowest BCUT2D eigenvalue weighted by Crippen LogP contribution is -2.46. The number of nitrogens with one attached hydrogen (secondary N) is 1. The van der Waals surface area contributed by atoms with Crippen LogP contribution in [0.5, 0.6) is 0 Å². The summed E-state index contributed by atoms with van der Waals surface area (Å²) in [7, 11) is 3.02. The third-order valence-corrected chi connectivity index (χ3v) is 7.77. The molecular formula is C19H29N5O2S. The molecule has 0 bridgehead atoms. The second kappa shape index (κ2) is 8.24. The fourth-order valence-corrected chi connectivity index (χ4v) is 5.79. The number of fused-ring (bicyclic) bond motifs is 1. The number of hydrogen-bond donors (Lipinski definition) is 1. The van der Waals surface area contributed by atoms with Gasteiger partial charge in [0, 0.05) is 51.8 Å². The minimum absolute atomic E-state index is 0.465. The minimum atomic E-state index is -0.849. The average Bonchev–Trinajstić information content (AvgIpc) is 3.13. The van der Waals surface area contributed by atoms with Gasteiger partial charge in [-0.3, -0.25) is 0 Å². The van der Waals surface area contributed by atoms with Gasteiger partial charge in [-0.1, -0.05) is 0 Å². The molecule has 1 unspecified atom stereocenters. The van der Waals surface area contributed by atoms with Crippen molar-refractivity contribution < 1.29 is 8.95 Å². The Labute approximate surface area is 163 Å². The summed E-state index contributed by atoms with van der Waals surface area (Å²) in [6.07, 6.45) is 7.87. The molecule has 2 fully saturated rings. The third-order valence-electron chi connectivity index (χ3n) is 6.07. The van der Waals surface area contributed by atoms with Crippen LogP contribution in [0.4, 0.5) is 5.82 Å². The average molecular weight is 392 g/mol. The highest BCUT2D eigenvalue weighted by Gasteiger charge is 2.35. The van der Waals surface area contributed by atoms with Crippen LogP contribution in [0.3, 0.4) is 0 Å². The lowest BCUT2D eigenvalue weighted by Gasteiger charge is -2.42. The number of piperidine rings is 1. The van der Waals surface area contributed by atoms with Crippen LogP contribution in [0.15, 0.2) is 18.6 Å². The first-order valence-corrected chi connectivity index (χ1v) is 11.1. The van der Waals surface area contributed by atoms with E-state index in [2.05, 4.69) is 31.2 Å². The van der Waals surface area contributed by atoms with Crippen LogP contribution in [-0.2, 0) is 15.7 Å². The zero-order chi connectivity index (χ0) is 18.8. The fourth-order valence-electron chi connectivity index (χ4n) is 4.29. The molecule has 1 saturated heterocycles. The Hall–Kier alpha value is -1.51. The smallest absolute Gasteiger partial charge is 0.142 e. The van der Waals surface area contributed by atoms with Gasteiger partial charge in [0.2, 0.25) is 0 Å². The molecule has 2 aromatic heterocycles. The van der Waals surface area contributed by atoms with E-state index in [0.717, 1.165) is 68.0 Å². The molecule has 1 aliphatic carbocycles.